The van der Waals surface area contributed by atoms with Gasteiger partial charge in [0.2, 0.25) is 0 Å². The topological polar surface area (TPSA) is 81.0 Å². The largest absolute Gasteiger partial charge is 0.383 e. The number of hydrogen-bond donors (Lipinski definition) is 0. The lowest BCUT2D eigenvalue weighted by Gasteiger charge is -2.20. The number of fused-ring (bicyclic) bond motifs is 1. The van der Waals surface area contributed by atoms with E-state index in [1.165, 1.54) is 27.8 Å². The van der Waals surface area contributed by atoms with Crippen molar-refractivity contribution in [1.29, 1.82) is 0 Å². The van der Waals surface area contributed by atoms with Gasteiger partial charge in [-0.1, -0.05) is 23.5 Å². The second kappa shape index (κ2) is 8.67. The molecule has 0 spiro atoms. The molecule has 1 atom stereocenters. The van der Waals surface area contributed by atoms with Crippen molar-refractivity contribution in [3.63, 3.8) is 0 Å². The van der Waals surface area contributed by atoms with Crippen LogP contribution in [0.5, 0.6) is 0 Å². The Labute approximate surface area is 181 Å². The van der Waals surface area contributed by atoms with Crippen molar-refractivity contribution in [2.75, 3.05) is 20.3 Å². The number of thiazole rings is 1. The maximum atomic E-state index is 14.4. The van der Waals surface area contributed by atoms with E-state index in [0.717, 1.165) is 11.3 Å². The number of sulfonamides is 1. The molecule has 3 aromatic rings. The Balaban J connectivity index is 1.73. The van der Waals surface area contributed by atoms with Gasteiger partial charge in [0.15, 0.2) is 4.80 Å². The maximum Gasteiger partial charge on any atom is 0.266 e. The van der Waals surface area contributed by atoms with E-state index in [4.69, 9.17) is 4.74 Å². The molecular formula is C19H20FN3O4S3. The molecule has 0 N–H and O–H groups in total. The van der Waals surface area contributed by atoms with Crippen LogP contribution in [-0.4, -0.2) is 49.5 Å². The summed E-state index contributed by atoms with van der Waals surface area (Å²) in [4.78, 5) is 17.6. The summed E-state index contributed by atoms with van der Waals surface area (Å²) in [5.74, 6) is -0.942. The monoisotopic (exact) mass is 469 g/mol. The van der Waals surface area contributed by atoms with Gasteiger partial charge in [-0.15, -0.1) is 11.3 Å². The van der Waals surface area contributed by atoms with Gasteiger partial charge in [-0.25, -0.2) is 12.8 Å². The molecule has 0 bridgehead atoms. The second-order valence-corrected chi connectivity index (χ2v) is 10.8. The number of rotatable bonds is 6. The molecule has 1 aromatic carbocycles. The van der Waals surface area contributed by atoms with Crippen LogP contribution in [0.25, 0.3) is 10.2 Å². The molecule has 1 unspecified atom stereocenters. The van der Waals surface area contributed by atoms with Crippen LogP contribution in [0.3, 0.4) is 0 Å². The minimum absolute atomic E-state index is 0.210. The molecule has 1 saturated heterocycles. The number of benzene rings is 1. The Kier molecular flexibility index (Phi) is 6.16. The van der Waals surface area contributed by atoms with E-state index in [-0.39, 0.29) is 10.8 Å². The molecule has 2 aromatic heterocycles. The number of aromatic nitrogens is 1. The van der Waals surface area contributed by atoms with E-state index in [1.54, 1.807) is 35.3 Å². The zero-order chi connectivity index (χ0) is 21.3. The number of ether oxygens (including phenoxy) is 1. The Morgan fingerprint density at radius 1 is 1.33 bits per heavy atom. The van der Waals surface area contributed by atoms with Crippen LogP contribution in [-0.2, 0) is 26.1 Å². The molecule has 160 valence electrons. The van der Waals surface area contributed by atoms with Crippen LogP contribution in [0.4, 0.5) is 4.39 Å². The van der Waals surface area contributed by atoms with Gasteiger partial charge in [0, 0.05) is 20.2 Å². The Morgan fingerprint density at radius 2 is 2.17 bits per heavy atom. The summed E-state index contributed by atoms with van der Waals surface area (Å²) < 4.78 is 49.1. The molecule has 30 heavy (non-hydrogen) atoms. The highest BCUT2D eigenvalue weighted by Crippen LogP contribution is 2.29. The molecule has 0 aliphatic carbocycles. The van der Waals surface area contributed by atoms with Crippen molar-refractivity contribution in [2.24, 2.45) is 4.99 Å². The fraction of sp³-hybridized carbons (Fsp3) is 0.368. The first kappa shape index (κ1) is 21.3. The first-order valence-electron chi connectivity index (χ1n) is 9.34. The number of para-hydroxylation sites is 1. The average molecular weight is 470 g/mol. The Morgan fingerprint density at radius 3 is 2.90 bits per heavy atom. The van der Waals surface area contributed by atoms with Crippen LogP contribution in [0.15, 0.2) is 44.9 Å². The Hall–Kier alpha value is -1.92. The van der Waals surface area contributed by atoms with E-state index in [0.29, 0.717) is 41.0 Å². The van der Waals surface area contributed by atoms with E-state index < -0.39 is 27.8 Å². The minimum Gasteiger partial charge on any atom is -0.383 e. The van der Waals surface area contributed by atoms with E-state index in [9.17, 15) is 17.6 Å². The third-order valence-corrected chi connectivity index (χ3v) is 9.25. The summed E-state index contributed by atoms with van der Waals surface area (Å²) in [5.41, 5.74) is 0.362. The molecule has 1 aliphatic heterocycles. The molecular weight excluding hydrogens is 449 g/mol. The highest BCUT2D eigenvalue weighted by Gasteiger charge is 2.40. The number of halogens is 1. The average Bonchev–Trinajstić information content (AvgIpc) is 3.46. The highest BCUT2D eigenvalue weighted by atomic mass is 32.2. The normalized spacial score (nSPS) is 18.5. The molecule has 4 rings (SSSR count). The first-order valence-corrected chi connectivity index (χ1v) is 12.5. The molecule has 1 aliphatic rings. The van der Waals surface area contributed by atoms with Crippen LogP contribution in [0, 0.1) is 5.82 Å². The summed E-state index contributed by atoms with van der Waals surface area (Å²) >= 11 is 2.32. The third kappa shape index (κ3) is 3.87. The fourth-order valence-corrected chi connectivity index (χ4v) is 7.38. The number of hydrogen-bond acceptors (Lipinski definition) is 6. The van der Waals surface area contributed by atoms with E-state index in [2.05, 4.69) is 4.99 Å². The summed E-state index contributed by atoms with van der Waals surface area (Å²) in [7, 11) is -2.21. The van der Waals surface area contributed by atoms with Gasteiger partial charge >= 0.3 is 0 Å². The van der Waals surface area contributed by atoms with Crippen LogP contribution in [0.2, 0.25) is 0 Å². The van der Waals surface area contributed by atoms with Gasteiger partial charge in [0.1, 0.15) is 16.1 Å². The van der Waals surface area contributed by atoms with Crippen LogP contribution < -0.4 is 4.80 Å². The van der Waals surface area contributed by atoms with Gasteiger partial charge in [0.25, 0.3) is 15.9 Å². The van der Waals surface area contributed by atoms with Crippen molar-refractivity contribution in [3.05, 3.63) is 46.3 Å². The predicted molar refractivity (Wildman–Crippen MR) is 113 cm³/mol. The minimum atomic E-state index is -3.75. The van der Waals surface area contributed by atoms with Gasteiger partial charge in [-0.2, -0.15) is 9.30 Å². The van der Waals surface area contributed by atoms with Crippen molar-refractivity contribution >= 4 is 48.8 Å². The van der Waals surface area contributed by atoms with Crippen molar-refractivity contribution in [3.8, 4) is 0 Å². The summed E-state index contributed by atoms with van der Waals surface area (Å²) in [6.07, 6.45) is 0.992. The van der Waals surface area contributed by atoms with E-state index in [1.807, 2.05) is 0 Å². The van der Waals surface area contributed by atoms with Crippen molar-refractivity contribution < 1.29 is 22.3 Å². The number of carbonyl (C=O) groups excluding carboxylic acids is 1. The molecule has 0 radical (unpaired) electrons. The summed E-state index contributed by atoms with van der Waals surface area (Å²) in [5, 5.41) is 1.69. The first-order chi connectivity index (χ1) is 14.4. The standard InChI is InChI=1S/C19H20FN3O4S3/c1-27-11-10-22-17-13(20)5-2-7-15(17)29-19(22)21-18(24)14-6-3-9-23(14)30(25,26)16-8-4-12-28-16/h2,4-5,7-8,12,14H,3,6,9-11H2,1H3. The predicted octanol–water partition coefficient (Wildman–Crippen LogP) is 2.83. The lowest BCUT2D eigenvalue weighted by atomic mass is 10.2. The maximum absolute atomic E-state index is 14.4. The molecule has 3 heterocycles. The summed E-state index contributed by atoms with van der Waals surface area (Å²) in [6, 6.07) is 7.06. The van der Waals surface area contributed by atoms with Gasteiger partial charge in [-0.05, 0) is 36.4 Å². The molecule has 0 saturated carbocycles. The van der Waals surface area contributed by atoms with Crippen LogP contribution >= 0.6 is 22.7 Å². The van der Waals surface area contributed by atoms with Crippen molar-refractivity contribution in [2.45, 2.75) is 29.6 Å². The lowest BCUT2D eigenvalue weighted by molar-refractivity contribution is -0.121. The molecule has 11 heteroatoms. The quantitative estimate of drug-likeness (QED) is 0.556. The fourth-order valence-electron chi connectivity index (χ4n) is 3.53. The lowest BCUT2D eigenvalue weighted by Crippen LogP contribution is -2.40. The smallest absolute Gasteiger partial charge is 0.266 e. The Bertz CT molecular complexity index is 1230. The van der Waals surface area contributed by atoms with Gasteiger partial charge in [-0.3, -0.25) is 4.79 Å². The summed E-state index contributed by atoms with van der Waals surface area (Å²) in [6.45, 7) is 0.923. The molecule has 1 fully saturated rings. The highest BCUT2D eigenvalue weighted by molar-refractivity contribution is 7.91. The number of methoxy groups -OCH3 is 1. The zero-order valence-corrected chi connectivity index (χ0v) is 18.6. The van der Waals surface area contributed by atoms with Crippen LogP contribution in [0.1, 0.15) is 12.8 Å². The number of carbonyl (C=O) groups is 1. The number of amides is 1. The van der Waals surface area contributed by atoms with Crippen molar-refractivity contribution in [1.82, 2.24) is 8.87 Å². The molecule has 1 amide bonds. The number of nitrogens with zero attached hydrogens (tertiary/aromatic N) is 3. The molecule has 7 nitrogen and oxygen atoms in total. The second-order valence-electron chi connectivity index (χ2n) is 6.77. The van der Waals surface area contributed by atoms with Gasteiger partial charge in [0.05, 0.1) is 16.8 Å². The van der Waals surface area contributed by atoms with Gasteiger partial charge < -0.3 is 9.30 Å². The van der Waals surface area contributed by atoms with E-state index >= 15 is 0 Å². The number of thiophene rings is 1. The third-order valence-electron chi connectivity index (χ3n) is 4.92. The zero-order valence-electron chi connectivity index (χ0n) is 16.2. The SMILES string of the molecule is COCCn1c(=NC(=O)C2CCCN2S(=O)(=O)c2cccs2)sc2cccc(F)c21.